The lowest BCUT2D eigenvalue weighted by molar-refractivity contribution is 0.152. The zero-order chi connectivity index (χ0) is 17.6. The van der Waals surface area contributed by atoms with Gasteiger partial charge < -0.3 is 9.64 Å². The van der Waals surface area contributed by atoms with Crippen LogP contribution in [0.15, 0.2) is 59.4 Å². The Morgan fingerprint density at radius 2 is 2.04 bits per heavy atom. The molecule has 1 saturated heterocycles. The molecule has 1 fully saturated rings. The fourth-order valence-electron chi connectivity index (χ4n) is 3.62. The molecule has 0 saturated carbocycles. The second kappa shape index (κ2) is 8.28. The van der Waals surface area contributed by atoms with Gasteiger partial charge in [-0.15, -0.1) is 0 Å². The number of hydrogen-bond donors (Lipinski definition) is 0. The molecule has 2 aliphatic heterocycles. The van der Waals surface area contributed by atoms with E-state index in [1.165, 1.54) is 16.8 Å². The lowest BCUT2D eigenvalue weighted by Gasteiger charge is -2.22. The van der Waals surface area contributed by atoms with Gasteiger partial charge in [0.15, 0.2) is 0 Å². The summed E-state index contributed by atoms with van der Waals surface area (Å²) in [4.78, 5) is 11.5. The normalized spacial score (nSPS) is 19.9. The lowest BCUT2D eigenvalue weighted by atomic mass is 9.95. The third kappa shape index (κ3) is 4.02. The second-order valence-electron chi connectivity index (χ2n) is 6.79. The molecular weight excluding hydrogens is 322 g/mol. The van der Waals surface area contributed by atoms with Crippen LogP contribution >= 0.6 is 0 Å². The summed E-state index contributed by atoms with van der Waals surface area (Å²) in [7, 11) is 0. The van der Waals surface area contributed by atoms with Crippen molar-refractivity contribution in [2.75, 3.05) is 37.7 Å². The maximum Gasteiger partial charge on any atom is 0.0694 e. The Morgan fingerprint density at radius 3 is 2.96 bits per heavy atom. The number of ether oxygens (including phenoxy) is 1. The smallest absolute Gasteiger partial charge is 0.0694 e. The van der Waals surface area contributed by atoms with Gasteiger partial charge in [-0.3, -0.25) is 9.98 Å². The monoisotopic (exact) mass is 347 g/mol. The van der Waals surface area contributed by atoms with E-state index < -0.39 is 0 Å². The summed E-state index contributed by atoms with van der Waals surface area (Å²) in [5.74, 6) is 0. The molecule has 0 unspecified atom stereocenters. The van der Waals surface area contributed by atoms with Gasteiger partial charge in [-0.25, -0.2) is 0 Å². The highest BCUT2D eigenvalue weighted by molar-refractivity contribution is 6.15. The van der Waals surface area contributed by atoms with E-state index in [2.05, 4.69) is 46.3 Å². The summed E-state index contributed by atoms with van der Waals surface area (Å²) >= 11 is 0. The van der Waals surface area contributed by atoms with Crippen molar-refractivity contribution in [3.05, 3.63) is 65.5 Å². The number of rotatable bonds is 3. The summed E-state index contributed by atoms with van der Waals surface area (Å²) in [5, 5.41) is 0. The molecule has 0 aliphatic carbocycles. The topological polar surface area (TPSA) is 37.7 Å². The van der Waals surface area contributed by atoms with Gasteiger partial charge in [-0.05, 0) is 60.7 Å². The Kier molecular flexibility index (Phi) is 5.41. The Morgan fingerprint density at radius 1 is 1.04 bits per heavy atom. The molecule has 2 aliphatic rings. The van der Waals surface area contributed by atoms with Crippen LogP contribution < -0.4 is 4.90 Å². The molecule has 4 heteroatoms. The van der Waals surface area contributed by atoms with Crippen molar-refractivity contribution in [3.8, 4) is 0 Å². The molecule has 134 valence electrons. The Hall–Kier alpha value is -2.46. The Bertz CT molecular complexity index is 790. The summed E-state index contributed by atoms with van der Waals surface area (Å²) in [6.07, 6.45) is 9.27. The van der Waals surface area contributed by atoms with Crippen molar-refractivity contribution in [1.29, 1.82) is 0 Å². The first-order valence-corrected chi connectivity index (χ1v) is 9.49. The summed E-state index contributed by atoms with van der Waals surface area (Å²) < 4.78 is 5.59. The van der Waals surface area contributed by atoms with Crippen LogP contribution in [0.5, 0.6) is 0 Å². The molecule has 1 aromatic carbocycles. The fourth-order valence-corrected chi connectivity index (χ4v) is 3.62. The van der Waals surface area contributed by atoms with Crippen molar-refractivity contribution in [2.24, 2.45) is 4.99 Å². The minimum atomic E-state index is 0.809. The van der Waals surface area contributed by atoms with Gasteiger partial charge in [0, 0.05) is 49.9 Å². The van der Waals surface area contributed by atoms with Crippen molar-refractivity contribution >= 4 is 17.5 Å². The molecule has 4 nitrogen and oxygen atoms in total. The molecule has 0 spiro atoms. The maximum atomic E-state index is 5.59. The van der Waals surface area contributed by atoms with Gasteiger partial charge >= 0.3 is 0 Å². The van der Waals surface area contributed by atoms with Crippen molar-refractivity contribution in [1.82, 2.24) is 4.98 Å². The number of aliphatic imine (C=N–C) groups is 1. The van der Waals surface area contributed by atoms with Gasteiger partial charge in [0.1, 0.15) is 0 Å². The van der Waals surface area contributed by atoms with E-state index in [0.29, 0.717) is 0 Å². The quantitative estimate of drug-likeness (QED) is 0.843. The lowest BCUT2D eigenvalue weighted by Crippen LogP contribution is -2.25. The van der Waals surface area contributed by atoms with Crippen molar-refractivity contribution in [2.45, 2.75) is 19.3 Å². The van der Waals surface area contributed by atoms with Gasteiger partial charge in [-0.2, -0.15) is 0 Å². The van der Waals surface area contributed by atoms with Crippen LogP contribution in [0.25, 0.3) is 6.08 Å². The van der Waals surface area contributed by atoms with Crippen LogP contribution in [-0.2, 0) is 4.74 Å². The molecule has 0 bridgehead atoms. The summed E-state index contributed by atoms with van der Waals surface area (Å²) in [6.45, 7) is 4.59. The van der Waals surface area contributed by atoms with E-state index in [0.717, 1.165) is 63.4 Å². The van der Waals surface area contributed by atoms with E-state index in [9.17, 15) is 0 Å². The van der Waals surface area contributed by atoms with E-state index in [4.69, 9.17) is 9.73 Å². The highest BCUT2D eigenvalue weighted by Gasteiger charge is 2.15. The minimum absolute atomic E-state index is 0.809. The molecule has 0 amide bonds. The van der Waals surface area contributed by atoms with E-state index in [1.807, 2.05) is 18.5 Å². The molecule has 4 rings (SSSR count). The predicted octanol–water partition coefficient (Wildman–Crippen LogP) is 3.97. The van der Waals surface area contributed by atoms with Gasteiger partial charge in [0.2, 0.25) is 0 Å². The number of anilines is 1. The van der Waals surface area contributed by atoms with E-state index in [1.54, 1.807) is 0 Å². The SMILES string of the molecule is C(=C1CCCN=C1c1cccnc1)c1cccc(N2CCCOCC2)c1. The number of benzene rings is 1. The first kappa shape index (κ1) is 17.0. The number of allylic oxidation sites excluding steroid dienone is 1. The summed E-state index contributed by atoms with van der Waals surface area (Å²) in [5.41, 5.74) is 6.03. The third-order valence-electron chi connectivity index (χ3n) is 4.91. The zero-order valence-electron chi connectivity index (χ0n) is 15.1. The first-order valence-electron chi connectivity index (χ1n) is 9.49. The second-order valence-corrected chi connectivity index (χ2v) is 6.79. The highest BCUT2D eigenvalue weighted by atomic mass is 16.5. The molecule has 1 aromatic heterocycles. The zero-order valence-corrected chi connectivity index (χ0v) is 15.1. The summed E-state index contributed by atoms with van der Waals surface area (Å²) in [6, 6.07) is 12.9. The average Bonchev–Trinajstić information content (AvgIpc) is 2.99. The largest absolute Gasteiger partial charge is 0.380 e. The molecule has 0 radical (unpaired) electrons. The van der Waals surface area contributed by atoms with Gasteiger partial charge in [-0.1, -0.05) is 12.1 Å². The number of hydrogen-bond acceptors (Lipinski definition) is 4. The standard InChI is InChI=1S/C22H25N3O/c1-5-18(16-21(8-1)25-11-4-13-26-14-12-25)15-19-6-3-10-24-22(19)20-7-2-9-23-17-20/h1-2,5,7-9,15-17H,3-4,6,10-14H2. The van der Waals surface area contributed by atoms with Crippen LogP contribution in [0.2, 0.25) is 0 Å². The van der Waals surface area contributed by atoms with Crippen LogP contribution in [0, 0.1) is 0 Å². The third-order valence-corrected chi connectivity index (χ3v) is 4.91. The average molecular weight is 347 g/mol. The van der Waals surface area contributed by atoms with Crippen LogP contribution in [0.3, 0.4) is 0 Å². The maximum absolute atomic E-state index is 5.59. The number of nitrogens with zero attached hydrogens (tertiary/aromatic N) is 3. The number of pyridine rings is 1. The van der Waals surface area contributed by atoms with Crippen LogP contribution in [-0.4, -0.2) is 43.5 Å². The predicted molar refractivity (Wildman–Crippen MR) is 107 cm³/mol. The van der Waals surface area contributed by atoms with E-state index >= 15 is 0 Å². The minimum Gasteiger partial charge on any atom is -0.380 e. The molecule has 0 atom stereocenters. The first-order chi connectivity index (χ1) is 12.9. The van der Waals surface area contributed by atoms with Crippen molar-refractivity contribution < 1.29 is 4.74 Å². The number of aromatic nitrogens is 1. The fraction of sp³-hybridized carbons (Fsp3) is 0.364. The Balaban J connectivity index is 1.61. The van der Waals surface area contributed by atoms with Gasteiger partial charge in [0.05, 0.1) is 12.3 Å². The van der Waals surface area contributed by atoms with Crippen LogP contribution in [0.4, 0.5) is 5.69 Å². The van der Waals surface area contributed by atoms with Crippen molar-refractivity contribution in [3.63, 3.8) is 0 Å². The van der Waals surface area contributed by atoms with Gasteiger partial charge in [0.25, 0.3) is 0 Å². The molecule has 0 N–H and O–H groups in total. The molecule has 3 heterocycles. The highest BCUT2D eigenvalue weighted by Crippen LogP contribution is 2.24. The van der Waals surface area contributed by atoms with E-state index in [-0.39, 0.29) is 0 Å². The molecule has 2 aromatic rings. The molecular formula is C22H25N3O. The van der Waals surface area contributed by atoms with Crippen LogP contribution in [0.1, 0.15) is 30.4 Å². The Labute approximate surface area is 155 Å². The molecule has 26 heavy (non-hydrogen) atoms.